The van der Waals surface area contributed by atoms with Crippen molar-refractivity contribution in [3.8, 4) is 5.75 Å². The van der Waals surface area contributed by atoms with Crippen LogP contribution in [0.4, 0.5) is 0 Å². The number of ether oxygens (including phenoxy) is 1. The second-order valence-corrected chi connectivity index (χ2v) is 6.43. The van der Waals surface area contributed by atoms with Crippen LogP contribution in [0.15, 0.2) is 18.2 Å². The third kappa shape index (κ3) is 6.02. The molecule has 0 amide bonds. The minimum absolute atomic E-state index is 0.746. The average Bonchev–Trinajstić information content (AvgIpc) is 2.25. The van der Waals surface area contributed by atoms with Gasteiger partial charge < -0.3 is 4.74 Å². The summed E-state index contributed by atoms with van der Waals surface area (Å²) in [5, 5.41) is 0.746. The molecule has 0 aliphatic heterocycles. The van der Waals surface area contributed by atoms with E-state index in [9.17, 15) is 0 Å². The van der Waals surface area contributed by atoms with E-state index in [2.05, 4.69) is 45.9 Å². The van der Waals surface area contributed by atoms with E-state index < -0.39 is 0 Å². The first-order valence-corrected chi connectivity index (χ1v) is 7.46. The summed E-state index contributed by atoms with van der Waals surface area (Å²) < 4.78 is 5.79. The number of hydrogen-bond donors (Lipinski definition) is 0. The highest BCUT2D eigenvalue weighted by molar-refractivity contribution is 7.99. The molecule has 0 atom stereocenters. The fraction of sp³-hybridized carbons (Fsp3) is 0.600. The lowest BCUT2D eigenvalue weighted by Gasteiger charge is -2.10. The Morgan fingerprint density at radius 2 is 1.94 bits per heavy atom. The van der Waals surface area contributed by atoms with Crippen LogP contribution in [0.2, 0.25) is 0 Å². The first kappa shape index (κ1) is 14.4. The zero-order valence-electron chi connectivity index (χ0n) is 11.5. The van der Waals surface area contributed by atoms with Gasteiger partial charge in [0.05, 0.1) is 6.61 Å². The number of hydrogen-bond acceptors (Lipinski definition) is 2. The smallest absolute Gasteiger partial charge is 0.122 e. The van der Waals surface area contributed by atoms with Crippen LogP contribution < -0.4 is 4.74 Å². The van der Waals surface area contributed by atoms with Crippen molar-refractivity contribution in [1.29, 1.82) is 0 Å². The summed E-state index contributed by atoms with van der Waals surface area (Å²) >= 11 is 2.03. The Balaban J connectivity index is 2.18. The third-order valence-electron chi connectivity index (χ3n) is 2.58. The molecule has 17 heavy (non-hydrogen) atoms. The second kappa shape index (κ2) is 7.65. The van der Waals surface area contributed by atoms with Crippen LogP contribution >= 0.6 is 11.8 Å². The molecule has 0 saturated carbocycles. The molecular formula is C15H24OS. The van der Waals surface area contributed by atoms with Gasteiger partial charge in [0.2, 0.25) is 0 Å². The molecule has 1 rings (SSSR count). The number of unbranched alkanes of at least 4 members (excludes halogenated alkanes) is 1. The monoisotopic (exact) mass is 252 g/mol. The van der Waals surface area contributed by atoms with E-state index in [1.807, 2.05) is 11.8 Å². The molecule has 0 saturated heterocycles. The highest BCUT2D eigenvalue weighted by Crippen LogP contribution is 2.19. The van der Waals surface area contributed by atoms with E-state index in [0.717, 1.165) is 24.0 Å². The van der Waals surface area contributed by atoms with E-state index in [0.29, 0.717) is 0 Å². The van der Waals surface area contributed by atoms with Crippen LogP contribution in [0.3, 0.4) is 0 Å². The SMILES string of the molecule is Cc1ccc(OCCCCSC(C)C)c(C)c1. The molecule has 0 bridgehead atoms. The van der Waals surface area contributed by atoms with Crippen molar-refractivity contribution in [1.82, 2.24) is 0 Å². The van der Waals surface area contributed by atoms with Crippen LogP contribution in [0.5, 0.6) is 5.75 Å². The van der Waals surface area contributed by atoms with Crippen LogP contribution in [0.25, 0.3) is 0 Å². The molecule has 0 aliphatic rings. The van der Waals surface area contributed by atoms with Gasteiger partial charge >= 0.3 is 0 Å². The Hall–Kier alpha value is -0.630. The maximum atomic E-state index is 5.79. The summed E-state index contributed by atoms with van der Waals surface area (Å²) in [4.78, 5) is 0. The van der Waals surface area contributed by atoms with Gasteiger partial charge in [-0.15, -0.1) is 0 Å². The second-order valence-electron chi connectivity index (χ2n) is 4.74. The number of rotatable bonds is 7. The topological polar surface area (TPSA) is 9.23 Å². The molecular weight excluding hydrogens is 228 g/mol. The van der Waals surface area contributed by atoms with Crippen molar-refractivity contribution in [3.63, 3.8) is 0 Å². The summed E-state index contributed by atoms with van der Waals surface area (Å²) in [6.45, 7) is 9.55. The van der Waals surface area contributed by atoms with E-state index >= 15 is 0 Å². The van der Waals surface area contributed by atoms with Crippen molar-refractivity contribution >= 4 is 11.8 Å². The average molecular weight is 252 g/mol. The summed E-state index contributed by atoms with van der Waals surface area (Å²) in [5.74, 6) is 2.28. The van der Waals surface area contributed by atoms with Gasteiger partial charge in [-0.25, -0.2) is 0 Å². The zero-order valence-corrected chi connectivity index (χ0v) is 12.3. The largest absolute Gasteiger partial charge is 0.493 e. The van der Waals surface area contributed by atoms with Crippen molar-refractivity contribution in [2.45, 2.75) is 45.8 Å². The first-order chi connectivity index (χ1) is 8.09. The van der Waals surface area contributed by atoms with Gasteiger partial charge in [0.1, 0.15) is 5.75 Å². The van der Waals surface area contributed by atoms with Crippen LogP contribution in [-0.4, -0.2) is 17.6 Å². The third-order valence-corrected chi connectivity index (χ3v) is 3.77. The van der Waals surface area contributed by atoms with E-state index in [-0.39, 0.29) is 0 Å². The van der Waals surface area contributed by atoms with Gasteiger partial charge in [0.15, 0.2) is 0 Å². The van der Waals surface area contributed by atoms with Gasteiger partial charge in [-0.1, -0.05) is 31.5 Å². The Labute approximate surface area is 110 Å². The Morgan fingerprint density at radius 3 is 2.59 bits per heavy atom. The quantitative estimate of drug-likeness (QED) is 0.656. The van der Waals surface area contributed by atoms with Crippen LogP contribution in [-0.2, 0) is 0 Å². The number of aryl methyl sites for hydroxylation is 2. The van der Waals surface area contributed by atoms with Gasteiger partial charge in [-0.2, -0.15) is 11.8 Å². The van der Waals surface area contributed by atoms with Gasteiger partial charge in [0.25, 0.3) is 0 Å². The Kier molecular flexibility index (Phi) is 6.49. The minimum atomic E-state index is 0.746. The molecule has 2 heteroatoms. The lowest BCUT2D eigenvalue weighted by atomic mass is 10.1. The minimum Gasteiger partial charge on any atom is -0.493 e. The van der Waals surface area contributed by atoms with E-state index in [1.165, 1.54) is 23.3 Å². The predicted molar refractivity (Wildman–Crippen MR) is 78.2 cm³/mol. The zero-order chi connectivity index (χ0) is 12.7. The molecule has 1 aromatic rings. The maximum absolute atomic E-state index is 5.79. The molecule has 96 valence electrons. The van der Waals surface area contributed by atoms with Gasteiger partial charge in [0, 0.05) is 0 Å². The molecule has 0 radical (unpaired) electrons. The van der Waals surface area contributed by atoms with Crippen molar-refractivity contribution in [3.05, 3.63) is 29.3 Å². The molecule has 0 aliphatic carbocycles. The molecule has 0 heterocycles. The van der Waals surface area contributed by atoms with E-state index in [4.69, 9.17) is 4.74 Å². The first-order valence-electron chi connectivity index (χ1n) is 6.41. The number of thioether (sulfide) groups is 1. The molecule has 0 aromatic heterocycles. The lowest BCUT2D eigenvalue weighted by molar-refractivity contribution is 0.308. The summed E-state index contributed by atoms with van der Waals surface area (Å²) in [6, 6.07) is 6.36. The molecule has 1 aromatic carbocycles. The highest BCUT2D eigenvalue weighted by atomic mass is 32.2. The molecule has 1 nitrogen and oxygen atoms in total. The van der Waals surface area contributed by atoms with Gasteiger partial charge in [-0.05, 0) is 49.3 Å². The van der Waals surface area contributed by atoms with Gasteiger partial charge in [-0.3, -0.25) is 0 Å². The van der Waals surface area contributed by atoms with Crippen LogP contribution in [0.1, 0.15) is 37.8 Å². The Morgan fingerprint density at radius 1 is 1.18 bits per heavy atom. The normalized spacial score (nSPS) is 10.9. The maximum Gasteiger partial charge on any atom is 0.122 e. The fourth-order valence-corrected chi connectivity index (χ4v) is 2.51. The summed E-state index contributed by atoms with van der Waals surface area (Å²) in [5.41, 5.74) is 2.53. The summed E-state index contributed by atoms with van der Waals surface area (Å²) in [7, 11) is 0. The number of benzene rings is 1. The molecule has 0 fully saturated rings. The standard InChI is InChI=1S/C15H24OS/c1-12(2)17-10-6-5-9-16-15-8-7-13(3)11-14(15)4/h7-8,11-12H,5-6,9-10H2,1-4H3. The predicted octanol–water partition coefficient (Wildman–Crippen LogP) is 4.60. The van der Waals surface area contributed by atoms with E-state index in [1.54, 1.807) is 0 Å². The lowest BCUT2D eigenvalue weighted by Crippen LogP contribution is -2.00. The van der Waals surface area contributed by atoms with Crippen molar-refractivity contribution in [2.24, 2.45) is 0 Å². The molecule has 0 spiro atoms. The Bertz CT molecular complexity index is 334. The van der Waals surface area contributed by atoms with Crippen LogP contribution in [0, 0.1) is 13.8 Å². The highest BCUT2D eigenvalue weighted by Gasteiger charge is 1.99. The molecule has 0 N–H and O–H groups in total. The summed E-state index contributed by atoms with van der Waals surface area (Å²) in [6.07, 6.45) is 2.39. The molecule has 0 unspecified atom stereocenters. The fourth-order valence-electron chi connectivity index (χ4n) is 1.67. The van der Waals surface area contributed by atoms with Crippen molar-refractivity contribution in [2.75, 3.05) is 12.4 Å². The van der Waals surface area contributed by atoms with Crippen molar-refractivity contribution < 1.29 is 4.74 Å².